The van der Waals surface area contributed by atoms with Gasteiger partial charge >= 0.3 is 5.97 Å². The molecule has 4 nitrogen and oxygen atoms in total. The maximum Gasteiger partial charge on any atom is 0.338 e. The second-order valence-corrected chi connectivity index (χ2v) is 3.47. The summed E-state index contributed by atoms with van der Waals surface area (Å²) in [6, 6.07) is 0. The Morgan fingerprint density at radius 2 is 2.00 bits per heavy atom. The zero-order valence-corrected chi connectivity index (χ0v) is 8.73. The first-order chi connectivity index (χ1) is 5.95. The number of carboxylic acid groups (broad SMARTS) is 1. The summed E-state index contributed by atoms with van der Waals surface area (Å²) in [6.07, 6.45) is 0. The van der Waals surface area contributed by atoms with Crippen LogP contribution in [0.25, 0.3) is 0 Å². The zero-order valence-electron chi connectivity index (χ0n) is 7.14. The molecule has 0 aliphatic rings. The van der Waals surface area contributed by atoms with E-state index in [1.54, 1.807) is 6.92 Å². The van der Waals surface area contributed by atoms with Crippen molar-refractivity contribution >= 4 is 27.7 Å². The lowest BCUT2D eigenvalue weighted by molar-refractivity contribution is 0.0695. The van der Waals surface area contributed by atoms with Gasteiger partial charge in [0.15, 0.2) is 5.78 Å². The van der Waals surface area contributed by atoms with Gasteiger partial charge in [0.1, 0.15) is 0 Å². The highest BCUT2D eigenvalue weighted by atomic mass is 79.9. The number of Topliss-reactive ketones (excluding diaryl/α,β-unsaturated/α-hetero) is 1. The maximum absolute atomic E-state index is 11.0. The number of nitrogens with one attached hydrogen (secondary N) is 1. The van der Waals surface area contributed by atoms with Crippen LogP contribution in [0.2, 0.25) is 0 Å². The maximum atomic E-state index is 11.0. The number of halogens is 1. The number of hydrogen-bond donors (Lipinski definition) is 2. The lowest BCUT2D eigenvalue weighted by Gasteiger charge is -1.91. The summed E-state index contributed by atoms with van der Waals surface area (Å²) in [7, 11) is 0. The fourth-order valence-electron chi connectivity index (χ4n) is 1.09. The molecule has 1 aromatic heterocycles. The van der Waals surface area contributed by atoms with Crippen molar-refractivity contribution in [2.45, 2.75) is 13.8 Å². The lowest BCUT2D eigenvalue weighted by Crippen LogP contribution is -1.98. The number of aryl methyl sites for hydroxylation is 1. The molecule has 0 aromatic carbocycles. The molecule has 0 atom stereocenters. The summed E-state index contributed by atoms with van der Waals surface area (Å²) in [5, 5.41) is 8.78. The summed E-state index contributed by atoms with van der Waals surface area (Å²) in [5.74, 6) is -1.24. The van der Waals surface area contributed by atoms with Crippen LogP contribution in [0, 0.1) is 6.92 Å². The van der Waals surface area contributed by atoms with Gasteiger partial charge in [0.05, 0.1) is 15.7 Å². The first kappa shape index (κ1) is 9.98. The minimum absolute atomic E-state index is 0.116. The third-order valence-corrected chi connectivity index (χ3v) is 2.49. The van der Waals surface area contributed by atoms with Crippen molar-refractivity contribution in [1.82, 2.24) is 4.98 Å². The highest BCUT2D eigenvalue weighted by Crippen LogP contribution is 2.25. The van der Waals surface area contributed by atoms with Crippen LogP contribution >= 0.6 is 15.9 Å². The molecular formula is C8H8BrNO3. The number of rotatable bonds is 2. The van der Waals surface area contributed by atoms with Gasteiger partial charge in [-0.2, -0.15) is 0 Å². The Kier molecular flexibility index (Phi) is 2.56. The van der Waals surface area contributed by atoms with Crippen LogP contribution in [0.5, 0.6) is 0 Å². The van der Waals surface area contributed by atoms with E-state index in [9.17, 15) is 9.59 Å². The fourth-order valence-corrected chi connectivity index (χ4v) is 1.94. The molecule has 1 rings (SSSR count). The number of carboxylic acids is 1. The Morgan fingerprint density at radius 3 is 2.23 bits per heavy atom. The lowest BCUT2D eigenvalue weighted by atomic mass is 10.2. The topological polar surface area (TPSA) is 70.2 Å². The quantitative estimate of drug-likeness (QED) is 0.784. The number of carbonyl (C=O) groups is 2. The van der Waals surface area contributed by atoms with Crippen molar-refractivity contribution in [3.63, 3.8) is 0 Å². The molecule has 70 valence electrons. The average Bonchev–Trinajstić information content (AvgIpc) is 2.26. The van der Waals surface area contributed by atoms with Crippen LogP contribution < -0.4 is 0 Å². The Bertz CT molecular complexity index is 381. The number of aromatic nitrogens is 1. The number of ketones is 1. The molecule has 2 N–H and O–H groups in total. The van der Waals surface area contributed by atoms with Gasteiger partial charge < -0.3 is 10.1 Å². The predicted octanol–water partition coefficient (Wildman–Crippen LogP) is 1.99. The minimum Gasteiger partial charge on any atom is -0.478 e. The van der Waals surface area contributed by atoms with E-state index in [2.05, 4.69) is 20.9 Å². The van der Waals surface area contributed by atoms with E-state index >= 15 is 0 Å². The molecule has 0 saturated carbocycles. The number of aromatic carboxylic acids is 1. The third kappa shape index (κ3) is 1.65. The molecule has 0 fully saturated rings. The molecule has 1 heterocycles. The largest absolute Gasteiger partial charge is 0.478 e. The first-order valence-electron chi connectivity index (χ1n) is 3.57. The Labute approximate surface area is 83.1 Å². The van der Waals surface area contributed by atoms with Crippen molar-refractivity contribution in [3.8, 4) is 0 Å². The minimum atomic E-state index is -1.05. The van der Waals surface area contributed by atoms with Gasteiger partial charge in [-0.25, -0.2) is 4.79 Å². The van der Waals surface area contributed by atoms with Crippen LogP contribution in [0.15, 0.2) is 4.47 Å². The second-order valence-electron chi connectivity index (χ2n) is 2.68. The van der Waals surface area contributed by atoms with Gasteiger partial charge in [0.25, 0.3) is 0 Å². The van der Waals surface area contributed by atoms with Crippen LogP contribution in [0.4, 0.5) is 0 Å². The average molecular weight is 246 g/mol. The van der Waals surface area contributed by atoms with Crippen LogP contribution in [-0.2, 0) is 0 Å². The molecule has 0 radical (unpaired) electrons. The fraction of sp³-hybridized carbons (Fsp3) is 0.250. The van der Waals surface area contributed by atoms with E-state index in [4.69, 9.17) is 5.11 Å². The van der Waals surface area contributed by atoms with Gasteiger partial charge in [-0.05, 0) is 22.9 Å². The summed E-state index contributed by atoms with van der Waals surface area (Å²) in [6.45, 7) is 2.99. The molecular weight excluding hydrogens is 238 g/mol. The van der Waals surface area contributed by atoms with Crippen LogP contribution in [0.3, 0.4) is 0 Å². The van der Waals surface area contributed by atoms with E-state index in [1.165, 1.54) is 6.92 Å². The highest BCUT2D eigenvalue weighted by Gasteiger charge is 2.20. The highest BCUT2D eigenvalue weighted by molar-refractivity contribution is 9.10. The Hall–Kier alpha value is -1.10. The molecule has 0 bridgehead atoms. The van der Waals surface area contributed by atoms with E-state index in [1.807, 2.05) is 0 Å². The van der Waals surface area contributed by atoms with Gasteiger partial charge in [-0.3, -0.25) is 4.79 Å². The smallest absolute Gasteiger partial charge is 0.338 e. The van der Waals surface area contributed by atoms with Gasteiger partial charge in [0.2, 0.25) is 0 Å². The van der Waals surface area contributed by atoms with E-state index in [0.717, 1.165) is 0 Å². The van der Waals surface area contributed by atoms with Crippen LogP contribution in [0.1, 0.15) is 33.5 Å². The van der Waals surface area contributed by atoms with E-state index in [-0.39, 0.29) is 11.3 Å². The molecule has 0 saturated heterocycles. The summed E-state index contributed by atoms with van der Waals surface area (Å²) >= 11 is 3.07. The van der Waals surface area contributed by atoms with Crippen molar-refractivity contribution in [2.75, 3.05) is 0 Å². The summed E-state index contributed by atoms with van der Waals surface area (Å²) < 4.78 is 0.324. The molecule has 0 aliphatic carbocycles. The standard InChI is InChI=1S/C8H8BrNO3/c1-3-5(8(12)13)6(9)7(10-3)4(2)11/h10H,1-2H3,(H,12,13). The molecule has 0 aliphatic heterocycles. The van der Waals surface area contributed by atoms with Gasteiger partial charge in [-0.1, -0.05) is 0 Å². The third-order valence-electron chi connectivity index (χ3n) is 1.69. The van der Waals surface area contributed by atoms with Gasteiger partial charge in [0, 0.05) is 12.6 Å². The molecule has 0 unspecified atom stereocenters. The number of hydrogen-bond acceptors (Lipinski definition) is 2. The molecule has 5 heteroatoms. The summed E-state index contributed by atoms with van der Waals surface area (Å²) in [5.41, 5.74) is 0.893. The molecule has 13 heavy (non-hydrogen) atoms. The van der Waals surface area contributed by atoms with Crippen molar-refractivity contribution in [3.05, 3.63) is 21.4 Å². The summed E-state index contributed by atoms with van der Waals surface area (Å²) in [4.78, 5) is 24.4. The van der Waals surface area contributed by atoms with E-state index in [0.29, 0.717) is 15.9 Å². The second kappa shape index (κ2) is 3.33. The van der Waals surface area contributed by atoms with Crippen molar-refractivity contribution < 1.29 is 14.7 Å². The SMILES string of the molecule is CC(=O)c1[nH]c(C)c(C(=O)O)c1Br. The normalized spacial score (nSPS) is 10.1. The Morgan fingerprint density at radius 1 is 1.46 bits per heavy atom. The van der Waals surface area contributed by atoms with Gasteiger partial charge in [-0.15, -0.1) is 0 Å². The predicted molar refractivity (Wildman–Crippen MR) is 50.2 cm³/mol. The zero-order chi connectivity index (χ0) is 10.2. The number of carbonyl (C=O) groups excluding carboxylic acids is 1. The number of H-pyrrole nitrogens is 1. The first-order valence-corrected chi connectivity index (χ1v) is 4.36. The van der Waals surface area contributed by atoms with Crippen molar-refractivity contribution in [2.24, 2.45) is 0 Å². The molecule has 0 spiro atoms. The molecule has 1 aromatic rings. The van der Waals surface area contributed by atoms with Crippen molar-refractivity contribution in [1.29, 1.82) is 0 Å². The van der Waals surface area contributed by atoms with E-state index < -0.39 is 5.97 Å². The van der Waals surface area contributed by atoms with Crippen LogP contribution in [-0.4, -0.2) is 21.8 Å². The number of aromatic amines is 1. The monoisotopic (exact) mass is 245 g/mol. The Balaban J connectivity index is 3.39. The molecule has 0 amide bonds.